The highest BCUT2D eigenvalue weighted by Crippen LogP contribution is 2.19. The minimum atomic E-state index is -2.25. The summed E-state index contributed by atoms with van der Waals surface area (Å²) in [6, 6.07) is -0.295. The van der Waals surface area contributed by atoms with Crippen LogP contribution in [-0.4, -0.2) is 34.4 Å². The van der Waals surface area contributed by atoms with E-state index in [0.29, 0.717) is 13.0 Å². The molecular formula is C6H9NO4S2-2. The summed E-state index contributed by atoms with van der Waals surface area (Å²) >= 11 is -4.50. The van der Waals surface area contributed by atoms with Crippen LogP contribution in [0.5, 0.6) is 0 Å². The molecule has 76 valence electrons. The van der Waals surface area contributed by atoms with Crippen LogP contribution in [0.15, 0.2) is 11.5 Å². The first-order chi connectivity index (χ1) is 6.11. The largest absolute Gasteiger partial charge is 0.769 e. The molecule has 0 aromatic rings. The third-order valence-electron chi connectivity index (χ3n) is 1.85. The third-order valence-corrected chi connectivity index (χ3v) is 3.07. The van der Waals surface area contributed by atoms with Crippen LogP contribution < -0.4 is 0 Å². The van der Waals surface area contributed by atoms with Gasteiger partial charge in [-0.25, -0.2) is 4.31 Å². The molecule has 0 aliphatic carbocycles. The molecular weight excluding hydrogens is 214 g/mol. The lowest BCUT2D eigenvalue weighted by molar-refractivity contribution is 0.404. The van der Waals surface area contributed by atoms with E-state index in [1.165, 1.54) is 10.4 Å². The highest BCUT2D eigenvalue weighted by atomic mass is 32.2. The second kappa shape index (κ2) is 4.97. The Kier molecular flexibility index (Phi) is 4.20. The molecule has 0 N–H and O–H groups in total. The molecule has 5 nitrogen and oxygen atoms in total. The van der Waals surface area contributed by atoms with Crippen molar-refractivity contribution in [2.45, 2.75) is 18.9 Å². The fraction of sp³-hybridized carbons (Fsp3) is 0.667. The predicted octanol–water partition coefficient (Wildman–Crippen LogP) is -0.362. The third kappa shape index (κ3) is 3.28. The normalized spacial score (nSPS) is 29.5. The smallest absolute Gasteiger partial charge is 0.0404 e. The molecule has 7 heteroatoms. The van der Waals surface area contributed by atoms with Gasteiger partial charge in [0.15, 0.2) is 0 Å². The SMILES string of the molecule is O=S([O-])C=CC1CCCN1S(=O)[O-]. The maximum Gasteiger partial charge on any atom is 0.0404 e. The van der Waals surface area contributed by atoms with Gasteiger partial charge in [0.25, 0.3) is 0 Å². The Morgan fingerprint density at radius 3 is 2.62 bits per heavy atom. The van der Waals surface area contributed by atoms with Gasteiger partial charge in [0.1, 0.15) is 0 Å². The lowest BCUT2D eigenvalue weighted by Crippen LogP contribution is -2.29. The van der Waals surface area contributed by atoms with E-state index in [-0.39, 0.29) is 6.04 Å². The van der Waals surface area contributed by atoms with Crippen LogP contribution in [0.4, 0.5) is 0 Å². The number of nitrogens with zero attached hydrogens (tertiary/aromatic N) is 1. The summed E-state index contributed by atoms with van der Waals surface area (Å²) in [6.07, 6.45) is 2.85. The molecule has 0 saturated carbocycles. The molecule has 1 rings (SSSR count). The zero-order valence-corrected chi connectivity index (χ0v) is 8.38. The van der Waals surface area contributed by atoms with Crippen molar-refractivity contribution in [1.29, 1.82) is 0 Å². The average Bonchev–Trinajstić information content (AvgIpc) is 2.47. The minimum absolute atomic E-state index is 0.295. The fourth-order valence-corrected chi connectivity index (χ4v) is 2.28. The van der Waals surface area contributed by atoms with Gasteiger partial charge >= 0.3 is 0 Å². The highest BCUT2D eigenvalue weighted by Gasteiger charge is 2.22. The summed E-state index contributed by atoms with van der Waals surface area (Å²) in [5.41, 5.74) is 0. The van der Waals surface area contributed by atoms with Crippen LogP contribution in [-0.2, 0) is 22.3 Å². The molecule has 1 heterocycles. The van der Waals surface area contributed by atoms with E-state index in [1.807, 2.05) is 0 Å². The molecule has 0 radical (unpaired) electrons. The first-order valence-electron chi connectivity index (χ1n) is 3.73. The molecule has 1 fully saturated rings. The second-order valence-electron chi connectivity index (χ2n) is 2.66. The Morgan fingerprint density at radius 2 is 2.08 bits per heavy atom. The Hall–Kier alpha value is -0.0800. The number of hydrogen-bond donors (Lipinski definition) is 0. The Morgan fingerprint density at radius 1 is 1.38 bits per heavy atom. The van der Waals surface area contributed by atoms with Crippen LogP contribution in [0.25, 0.3) is 0 Å². The molecule has 0 bridgehead atoms. The quantitative estimate of drug-likeness (QED) is 0.611. The van der Waals surface area contributed by atoms with Crippen LogP contribution in [0, 0.1) is 0 Å². The van der Waals surface area contributed by atoms with Crippen molar-refractivity contribution in [3.8, 4) is 0 Å². The van der Waals surface area contributed by atoms with Gasteiger partial charge < -0.3 is 9.11 Å². The molecule has 1 aliphatic rings. The van der Waals surface area contributed by atoms with Crippen molar-refractivity contribution in [3.63, 3.8) is 0 Å². The van der Waals surface area contributed by atoms with Crippen molar-refractivity contribution < 1.29 is 17.5 Å². The van der Waals surface area contributed by atoms with Gasteiger partial charge in [-0.15, -0.1) is 0 Å². The van der Waals surface area contributed by atoms with Crippen molar-refractivity contribution in [2.75, 3.05) is 6.54 Å². The molecule has 0 aromatic carbocycles. The van der Waals surface area contributed by atoms with E-state index < -0.39 is 22.3 Å². The van der Waals surface area contributed by atoms with E-state index in [0.717, 1.165) is 11.8 Å². The van der Waals surface area contributed by atoms with Crippen molar-refractivity contribution in [2.24, 2.45) is 0 Å². The predicted molar refractivity (Wildman–Crippen MR) is 46.7 cm³/mol. The zero-order valence-electron chi connectivity index (χ0n) is 6.75. The number of rotatable bonds is 3. The van der Waals surface area contributed by atoms with E-state index in [2.05, 4.69) is 0 Å². The van der Waals surface area contributed by atoms with Gasteiger partial charge in [0.2, 0.25) is 0 Å². The van der Waals surface area contributed by atoms with Gasteiger partial charge in [-0.3, -0.25) is 8.42 Å². The Balaban J connectivity index is 2.58. The lowest BCUT2D eigenvalue weighted by atomic mass is 10.2. The topological polar surface area (TPSA) is 83.5 Å². The van der Waals surface area contributed by atoms with Gasteiger partial charge in [-0.1, -0.05) is 6.08 Å². The van der Waals surface area contributed by atoms with Gasteiger partial charge in [-0.2, -0.15) is 0 Å². The maximum absolute atomic E-state index is 10.6. The van der Waals surface area contributed by atoms with Crippen molar-refractivity contribution >= 4 is 22.3 Å². The Bertz CT molecular complexity index is 255. The van der Waals surface area contributed by atoms with Crippen molar-refractivity contribution in [1.82, 2.24) is 4.31 Å². The molecule has 3 atom stereocenters. The van der Waals surface area contributed by atoms with Gasteiger partial charge in [0.05, 0.1) is 0 Å². The summed E-state index contributed by atoms with van der Waals surface area (Å²) in [6.45, 7) is 0.469. The van der Waals surface area contributed by atoms with Crippen LogP contribution >= 0.6 is 0 Å². The summed E-state index contributed by atoms with van der Waals surface area (Å²) in [5, 5.41) is 0.982. The van der Waals surface area contributed by atoms with Crippen molar-refractivity contribution in [3.05, 3.63) is 11.5 Å². The molecule has 1 saturated heterocycles. The lowest BCUT2D eigenvalue weighted by Gasteiger charge is -2.23. The monoisotopic (exact) mass is 223 g/mol. The Labute approximate surface area is 81.5 Å². The highest BCUT2D eigenvalue weighted by molar-refractivity contribution is 7.82. The summed E-state index contributed by atoms with van der Waals surface area (Å²) in [4.78, 5) is 0. The van der Waals surface area contributed by atoms with E-state index in [4.69, 9.17) is 0 Å². The zero-order chi connectivity index (χ0) is 9.84. The summed E-state index contributed by atoms with van der Waals surface area (Å²) in [7, 11) is 0. The standard InChI is InChI=1S/C6H11NO4S2/c8-12(9)5-3-6-2-1-4-7(6)13(10)11/h3,5-6H,1-2,4H2,(H,8,9)(H,10,11)/p-2. The maximum atomic E-state index is 10.6. The minimum Gasteiger partial charge on any atom is -0.769 e. The first-order valence-corrected chi connectivity index (χ1v) is 5.90. The molecule has 0 spiro atoms. The molecule has 0 amide bonds. The average molecular weight is 223 g/mol. The summed E-state index contributed by atoms with van der Waals surface area (Å²) < 4.78 is 42.8. The molecule has 0 aromatic heterocycles. The van der Waals surface area contributed by atoms with Gasteiger partial charge in [0, 0.05) is 23.9 Å². The summed E-state index contributed by atoms with van der Waals surface area (Å²) in [5.74, 6) is 0. The van der Waals surface area contributed by atoms with Crippen LogP contribution in [0.3, 0.4) is 0 Å². The fourth-order valence-electron chi connectivity index (χ4n) is 1.30. The van der Waals surface area contributed by atoms with Crippen LogP contribution in [0.1, 0.15) is 12.8 Å². The van der Waals surface area contributed by atoms with Gasteiger partial charge in [-0.05, 0) is 29.3 Å². The molecule has 13 heavy (non-hydrogen) atoms. The van der Waals surface area contributed by atoms with E-state index in [9.17, 15) is 17.5 Å². The number of hydrogen-bond acceptors (Lipinski definition) is 4. The molecule has 3 unspecified atom stereocenters. The van der Waals surface area contributed by atoms with E-state index >= 15 is 0 Å². The van der Waals surface area contributed by atoms with E-state index in [1.54, 1.807) is 0 Å². The first kappa shape index (κ1) is 11.0. The second-order valence-corrected chi connectivity index (χ2v) is 4.35. The van der Waals surface area contributed by atoms with Crippen LogP contribution in [0.2, 0.25) is 0 Å². The molecule has 1 aliphatic heterocycles.